The molecule has 0 aromatic heterocycles. The summed E-state index contributed by atoms with van der Waals surface area (Å²) < 4.78 is 0. The molecule has 1 aliphatic rings. The largest absolute Gasteiger partial charge is 0.368 e. The zero-order valence-electron chi connectivity index (χ0n) is 22.3. The van der Waals surface area contributed by atoms with E-state index in [0.29, 0.717) is 0 Å². The third-order valence-corrected chi connectivity index (χ3v) is 6.60. The van der Waals surface area contributed by atoms with Crippen molar-refractivity contribution in [2.45, 2.75) is 83.2 Å². The number of likely N-dealkylation sites (N-methyl/N-ethyl adjacent to an activating group) is 1. The van der Waals surface area contributed by atoms with Crippen molar-refractivity contribution in [2.24, 2.45) is 16.5 Å². The van der Waals surface area contributed by atoms with Crippen molar-refractivity contribution < 1.29 is 14.7 Å². The van der Waals surface area contributed by atoms with Gasteiger partial charge in [0.15, 0.2) is 6.23 Å². The number of allylic oxidation sites excluding steroid dienone is 1. The highest BCUT2D eigenvalue weighted by atomic mass is 32.2. The maximum atomic E-state index is 12.7. The van der Waals surface area contributed by atoms with Crippen molar-refractivity contribution in [3.8, 4) is 0 Å². The van der Waals surface area contributed by atoms with Gasteiger partial charge in [-0.3, -0.25) is 9.59 Å². The molecule has 2 rings (SSSR count). The van der Waals surface area contributed by atoms with Crippen LogP contribution in [0.3, 0.4) is 0 Å². The van der Waals surface area contributed by atoms with Crippen LogP contribution in [0.4, 0.5) is 5.69 Å². The van der Waals surface area contributed by atoms with Crippen molar-refractivity contribution in [3.05, 3.63) is 40.9 Å². The average Bonchev–Trinajstić information content (AvgIpc) is 2.77. The van der Waals surface area contributed by atoms with Crippen LogP contribution in [0.2, 0.25) is 0 Å². The molecule has 35 heavy (non-hydrogen) atoms. The Morgan fingerprint density at radius 1 is 1.23 bits per heavy atom. The SMILES string of the molecule is C=C1CCc2cc(SC(CC(=O)N[C@H](C(=O)NC)C(C)(C)C)C(O)N=O)ccc2N1C.CC(C)C. The van der Waals surface area contributed by atoms with Crippen LogP contribution < -0.4 is 15.5 Å². The molecule has 2 amide bonds. The van der Waals surface area contributed by atoms with Gasteiger partial charge in [0.25, 0.3) is 0 Å². The molecule has 1 aromatic carbocycles. The predicted molar refractivity (Wildman–Crippen MR) is 144 cm³/mol. The normalized spacial score (nSPS) is 15.8. The fraction of sp³-hybridized carbons (Fsp3) is 0.615. The molecule has 0 aliphatic carbocycles. The van der Waals surface area contributed by atoms with Gasteiger partial charge < -0.3 is 20.6 Å². The molecule has 1 aromatic rings. The molecule has 196 valence electrons. The lowest BCUT2D eigenvalue weighted by Gasteiger charge is -2.31. The summed E-state index contributed by atoms with van der Waals surface area (Å²) in [5, 5.41) is 17.3. The number of hydrogen-bond donors (Lipinski definition) is 3. The van der Waals surface area contributed by atoms with E-state index in [1.165, 1.54) is 18.8 Å². The summed E-state index contributed by atoms with van der Waals surface area (Å²) in [7, 11) is 3.48. The number of rotatable bonds is 8. The van der Waals surface area contributed by atoms with Crippen molar-refractivity contribution >= 4 is 29.3 Å². The first-order valence-electron chi connectivity index (χ1n) is 11.9. The van der Waals surface area contributed by atoms with E-state index in [0.717, 1.165) is 40.6 Å². The molecular weight excluding hydrogens is 464 g/mol. The first-order chi connectivity index (χ1) is 16.2. The molecule has 0 radical (unpaired) electrons. The zero-order valence-corrected chi connectivity index (χ0v) is 23.2. The van der Waals surface area contributed by atoms with Gasteiger partial charge in [-0.15, -0.1) is 16.7 Å². The predicted octanol–water partition coefficient (Wildman–Crippen LogP) is 4.46. The third-order valence-electron chi connectivity index (χ3n) is 5.36. The van der Waals surface area contributed by atoms with E-state index in [1.54, 1.807) is 0 Å². The van der Waals surface area contributed by atoms with Crippen molar-refractivity contribution in [3.63, 3.8) is 0 Å². The topological polar surface area (TPSA) is 111 Å². The van der Waals surface area contributed by atoms with Gasteiger partial charge in [-0.25, -0.2) is 0 Å². The van der Waals surface area contributed by atoms with Gasteiger partial charge in [-0.05, 0) is 53.1 Å². The minimum atomic E-state index is -1.55. The van der Waals surface area contributed by atoms with Gasteiger partial charge in [-0.2, -0.15) is 0 Å². The number of carbonyl (C=O) groups excluding carboxylic acids is 2. The molecule has 0 saturated carbocycles. The quantitative estimate of drug-likeness (QED) is 0.355. The number of aryl methyl sites for hydroxylation is 1. The number of thioether (sulfide) groups is 1. The Kier molecular flexibility index (Phi) is 11.9. The van der Waals surface area contributed by atoms with E-state index in [-0.39, 0.29) is 12.3 Å². The summed E-state index contributed by atoms with van der Waals surface area (Å²) >= 11 is 1.23. The molecule has 0 fully saturated rings. The van der Waals surface area contributed by atoms with Gasteiger partial charge in [0.2, 0.25) is 11.8 Å². The van der Waals surface area contributed by atoms with Crippen LogP contribution in [-0.2, 0) is 16.0 Å². The second-order valence-corrected chi connectivity index (χ2v) is 11.8. The summed E-state index contributed by atoms with van der Waals surface area (Å²) in [4.78, 5) is 38.8. The monoisotopic (exact) mass is 506 g/mol. The molecule has 0 bridgehead atoms. The number of nitrogens with zero attached hydrogens (tertiary/aromatic N) is 2. The van der Waals surface area contributed by atoms with E-state index in [1.807, 2.05) is 50.9 Å². The highest BCUT2D eigenvalue weighted by Crippen LogP contribution is 2.36. The highest BCUT2D eigenvalue weighted by molar-refractivity contribution is 8.00. The first-order valence-corrected chi connectivity index (χ1v) is 12.8. The summed E-state index contributed by atoms with van der Waals surface area (Å²) in [5.41, 5.74) is 2.76. The standard InChI is InChI=1S/C22H32N4O4S.C4H10/c1-13-7-8-14-11-15(9-10-16(14)26(13)6)31-17(20(28)25-30)12-18(27)24-19(21(29)23-5)22(2,3)4;1-4(2)3/h9-11,17,19-20,28H,1,7-8,12H2,2-6H3,(H,23,29)(H,24,27);4H,1-3H3/t17?,19-,20?;/m1./s1. The Hall–Kier alpha value is -2.39. The van der Waals surface area contributed by atoms with E-state index >= 15 is 0 Å². The number of aliphatic hydroxyl groups excluding tert-OH is 1. The van der Waals surface area contributed by atoms with E-state index < -0.39 is 28.8 Å². The van der Waals surface area contributed by atoms with Crippen molar-refractivity contribution in [2.75, 3.05) is 19.0 Å². The molecule has 8 nitrogen and oxygen atoms in total. The molecular formula is C26H42N4O4S. The lowest BCUT2D eigenvalue weighted by molar-refractivity contribution is -0.131. The van der Waals surface area contributed by atoms with Crippen LogP contribution in [0.5, 0.6) is 0 Å². The minimum Gasteiger partial charge on any atom is -0.368 e. The summed E-state index contributed by atoms with van der Waals surface area (Å²) in [6.07, 6.45) is -0.00129. The van der Waals surface area contributed by atoms with Crippen LogP contribution in [-0.4, -0.2) is 48.5 Å². The molecule has 0 spiro atoms. The number of aliphatic hydroxyl groups is 1. The average molecular weight is 507 g/mol. The Balaban J connectivity index is 0.00000142. The Morgan fingerprint density at radius 3 is 2.34 bits per heavy atom. The molecule has 0 saturated heterocycles. The van der Waals surface area contributed by atoms with Crippen molar-refractivity contribution in [1.82, 2.24) is 10.6 Å². The number of nitrogens with one attached hydrogen (secondary N) is 2. The number of hydrogen-bond acceptors (Lipinski definition) is 7. The molecule has 3 atom stereocenters. The van der Waals surface area contributed by atoms with Crippen LogP contribution >= 0.6 is 11.8 Å². The number of amides is 2. The first kappa shape index (κ1) is 30.6. The van der Waals surface area contributed by atoms with Crippen LogP contribution in [0.1, 0.15) is 59.9 Å². The summed E-state index contributed by atoms with van der Waals surface area (Å²) in [6, 6.07) is 5.13. The maximum absolute atomic E-state index is 12.7. The molecule has 9 heteroatoms. The second kappa shape index (κ2) is 13.6. The number of anilines is 1. The number of carbonyl (C=O) groups is 2. The van der Waals surface area contributed by atoms with Gasteiger partial charge >= 0.3 is 0 Å². The lowest BCUT2D eigenvalue weighted by atomic mass is 9.86. The minimum absolute atomic E-state index is 0.158. The van der Waals surface area contributed by atoms with Gasteiger partial charge in [0, 0.05) is 36.8 Å². The Morgan fingerprint density at radius 2 is 1.83 bits per heavy atom. The van der Waals surface area contributed by atoms with E-state index in [9.17, 15) is 19.6 Å². The van der Waals surface area contributed by atoms with Gasteiger partial charge in [-0.1, -0.05) is 48.1 Å². The Labute approximate surface area is 214 Å². The highest BCUT2D eigenvalue weighted by Gasteiger charge is 2.34. The molecule has 1 aliphatic heterocycles. The summed E-state index contributed by atoms with van der Waals surface area (Å²) in [6.45, 7) is 16.1. The number of benzene rings is 1. The second-order valence-electron chi connectivity index (χ2n) is 10.5. The fourth-order valence-corrected chi connectivity index (χ4v) is 4.57. The number of fused-ring (bicyclic) bond motifs is 1. The fourth-order valence-electron chi connectivity index (χ4n) is 3.45. The van der Waals surface area contributed by atoms with Crippen LogP contribution in [0.15, 0.2) is 40.5 Å². The zero-order chi connectivity index (χ0) is 26.9. The van der Waals surface area contributed by atoms with E-state index in [4.69, 9.17) is 0 Å². The molecule has 1 heterocycles. The van der Waals surface area contributed by atoms with Crippen LogP contribution in [0.25, 0.3) is 0 Å². The Bertz CT molecular complexity index is 895. The van der Waals surface area contributed by atoms with Crippen molar-refractivity contribution in [1.29, 1.82) is 0 Å². The number of nitroso groups, excluding NO2 is 1. The lowest BCUT2D eigenvalue weighted by Crippen LogP contribution is -2.53. The van der Waals surface area contributed by atoms with Gasteiger partial charge in [0.1, 0.15) is 6.04 Å². The smallest absolute Gasteiger partial charge is 0.242 e. The molecule has 2 unspecified atom stereocenters. The van der Waals surface area contributed by atoms with E-state index in [2.05, 4.69) is 43.2 Å². The maximum Gasteiger partial charge on any atom is 0.242 e. The molecule has 3 N–H and O–H groups in total. The summed E-state index contributed by atoms with van der Waals surface area (Å²) in [5.74, 6) is 0.0947. The third kappa shape index (κ3) is 9.64. The van der Waals surface area contributed by atoms with Crippen LogP contribution in [0, 0.1) is 16.2 Å². The van der Waals surface area contributed by atoms with Gasteiger partial charge in [0.05, 0.1) is 5.25 Å².